The van der Waals surface area contributed by atoms with Gasteiger partial charge in [-0.1, -0.05) is 6.92 Å². The van der Waals surface area contributed by atoms with E-state index in [1.807, 2.05) is 0 Å². The molecule has 1 unspecified atom stereocenters. The minimum atomic E-state index is 0. The molecule has 0 amide bonds. The first-order valence-electron chi connectivity index (χ1n) is 5.24. The Hall–Kier alpha value is 0.390. The van der Waals surface area contributed by atoms with Crippen LogP contribution in [0.2, 0.25) is 0 Å². The Morgan fingerprint density at radius 3 is 2.56 bits per heavy atom. The molecule has 0 bridgehead atoms. The van der Waals surface area contributed by atoms with Crippen molar-refractivity contribution in [1.29, 1.82) is 0 Å². The fraction of sp³-hybridized carbons (Fsp3) is 0.636. The van der Waals surface area contributed by atoms with Gasteiger partial charge in [0.2, 0.25) is 0 Å². The normalized spacial score (nSPS) is 12.6. The SMILES string of the molecule is CCC(CNCc1ccc(Br)s1)N(C)C.Cl. The summed E-state index contributed by atoms with van der Waals surface area (Å²) < 4.78 is 1.21. The van der Waals surface area contributed by atoms with Gasteiger partial charge >= 0.3 is 0 Å². The molecule has 1 aromatic rings. The topological polar surface area (TPSA) is 15.3 Å². The van der Waals surface area contributed by atoms with E-state index < -0.39 is 0 Å². The van der Waals surface area contributed by atoms with Crippen LogP contribution >= 0.6 is 39.7 Å². The second kappa shape index (κ2) is 8.48. The Bertz CT molecular complexity index is 291. The van der Waals surface area contributed by atoms with E-state index in [4.69, 9.17) is 0 Å². The van der Waals surface area contributed by atoms with E-state index in [1.54, 1.807) is 11.3 Å². The summed E-state index contributed by atoms with van der Waals surface area (Å²) in [5.74, 6) is 0. The quantitative estimate of drug-likeness (QED) is 0.862. The maximum Gasteiger partial charge on any atom is 0.0701 e. The van der Waals surface area contributed by atoms with Gasteiger partial charge < -0.3 is 10.2 Å². The van der Waals surface area contributed by atoms with Crippen LogP contribution in [0.3, 0.4) is 0 Å². The van der Waals surface area contributed by atoms with Gasteiger partial charge in [-0.05, 0) is 48.6 Å². The molecule has 2 nitrogen and oxygen atoms in total. The van der Waals surface area contributed by atoms with Crippen LogP contribution in [0.1, 0.15) is 18.2 Å². The molecule has 1 aromatic heterocycles. The van der Waals surface area contributed by atoms with Crippen LogP contribution in [0.15, 0.2) is 15.9 Å². The maximum absolute atomic E-state index is 3.50. The second-order valence-electron chi connectivity index (χ2n) is 3.86. The van der Waals surface area contributed by atoms with Crippen molar-refractivity contribution in [2.45, 2.75) is 25.9 Å². The summed E-state index contributed by atoms with van der Waals surface area (Å²) in [4.78, 5) is 3.66. The van der Waals surface area contributed by atoms with Gasteiger partial charge in [0.15, 0.2) is 0 Å². The van der Waals surface area contributed by atoms with Crippen LogP contribution in [0.5, 0.6) is 0 Å². The van der Waals surface area contributed by atoms with Crippen LogP contribution in [0, 0.1) is 0 Å². The van der Waals surface area contributed by atoms with Gasteiger partial charge in [-0.2, -0.15) is 0 Å². The molecule has 0 aromatic carbocycles. The Morgan fingerprint density at radius 1 is 1.44 bits per heavy atom. The molecule has 1 atom stereocenters. The minimum absolute atomic E-state index is 0. The summed E-state index contributed by atoms with van der Waals surface area (Å²) in [6, 6.07) is 4.90. The van der Waals surface area contributed by atoms with E-state index >= 15 is 0 Å². The molecular formula is C11H20BrClN2S. The number of hydrogen-bond donors (Lipinski definition) is 1. The highest BCUT2D eigenvalue weighted by Gasteiger charge is 2.07. The lowest BCUT2D eigenvalue weighted by Crippen LogP contribution is -2.36. The smallest absolute Gasteiger partial charge is 0.0701 e. The highest BCUT2D eigenvalue weighted by Crippen LogP contribution is 2.21. The molecule has 0 fully saturated rings. The summed E-state index contributed by atoms with van der Waals surface area (Å²) in [6.45, 7) is 4.26. The number of hydrogen-bond acceptors (Lipinski definition) is 3. The van der Waals surface area contributed by atoms with Gasteiger partial charge in [0, 0.05) is 24.0 Å². The number of thiophene rings is 1. The molecule has 5 heteroatoms. The molecule has 16 heavy (non-hydrogen) atoms. The highest BCUT2D eigenvalue weighted by molar-refractivity contribution is 9.11. The number of nitrogens with one attached hydrogen (secondary N) is 1. The van der Waals surface area contributed by atoms with Crippen molar-refractivity contribution >= 4 is 39.7 Å². The van der Waals surface area contributed by atoms with Gasteiger partial charge in [0.05, 0.1) is 3.79 Å². The molecule has 1 N–H and O–H groups in total. The van der Waals surface area contributed by atoms with E-state index in [0.717, 1.165) is 13.1 Å². The standard InChI is InChI=1S/C11H19BrN2S.ClH/c1-4-9(14(2)3)7-13-8-10-5-6-11(12)15-10;/h5-6,9,13H,4,7-8H2,1-3H3;1H. The van der Waals surface area contributed by atoms with Crippen LogP contribution in [0.4, 0.5) is 0 Å². The second-order valence-corrected chi connectivity index (χ2v) is 6.41. The van der Waals surface area contributed by atoms with Crippen molar-refractivity contribution in [1.82, 2.24) is 10.2 Å². The van der Waals surface area contributed by atoms with Crippen molar-refractivity contribution < 1.29 is 0 Å². The maximum atomic E-state index is 3.50. The summed E-state index contributed by atoms with van der Waals surface area (Å²) in [5, 5.41) is 3.50. The minimum Gasteiger partial charge on any atom is -0.310 e. The third-order valence-electron chi connectivity index (χ3n) is 2.51. The van der Waals surface area contributed by atoms with E-state index in [9.17, 15) is 0 Å². The van der Waals surface area contributed by atoms with Crippen molar-refractivity contribution in [3.8, 4) is 0 Å². The van der Waals surface area contributed by atoms with Gasteiger partial charge in [0.1, 0.15) is 0 Å². The summed E-state index contributed by atoms with van der Waals surface area (Å²) in [5.41, 5.74) is 0. The number of likely N-dealkylation sites (N-methyl/N-ethyl adjacent to an activating group) is 1. The number of nitrogens with zero attached hydrogens (tertiary/aromatic N) is 1. The lowest BCUT2D eigenvalue weighted by Gasteiger charge is -2.22. The average molecular weight is 328 g/mol. The molecule has 1 heterocycles. The molecule has 0 aliphatic rings. The summed E-state index contributed by atoms with van der Waals surface area (Å²) in [6.07, 6.45) is 1.19. The Kier molecular flexibility index (Phi) is 8.68. The van der Waals surface area contributed by atoms with E-state index in [-0.39, 0.29) is 12.4 Å². The Balaban J connectivity index is 0.00000225. The molecule has 94 valence electrons. The summed E-state index contributed by atoms with van der Waals surface area (Å²) >= 11 is 5.27. The lowest BCUT2D eigenvalue weighted by molar-refractivity contribution is 0.276. The van der Waals surface area contributed by atoms with E-state index in [0.29, 0.717) is 6.04 Å². The zero-order valence-corrected chi connectivity index (χ0v) is 13.2. The molecule has 0 aliphatic heterocycles. The predicted molar refractivity (Wildman–Crippen MR) is 78.7 cm³/mol. The molecule has 0 spiro atoms. The Morgan fingerprint density at radius 2 is 2.12 bits per heavy atom. The van der Waals surface area contributed by atoms with E-state index in [2.05, 4.69) is 59.3 Å². The Labute approximate surface area is 117 Å². The van der Waals surface area contributed by atoms with Gasteiger partial charge in [-0.3, -0.25) is 0 Å². The number of rotatable bonds is 6. The summed E-state index contributed by atoms with van der Waals surface area (Å²) in [7, 11) is 4.27. The monoisotopic (exact) mass is 326 g/mol. The first-order valence-corrected chi connectivity index (χ1v) is 6.85. The van der Waals surface area contributed by atoms with Crippen molar-refractivity contribution in [3.63, 3.8) is 0 Å². The van der Waals surface area contributed by atoms with Crippen molar-refractivity contribution in [2.24, 2.45) is 0 Å². The van der Waals surface area contributed by atoms with E-state index in [1.165, 1.54) is 15.1 Å². The van der Waals surface area contributed by atoms with Gasteiger partial charge in [-0.25, -0.2) is 0 Å². The molecular weight excluding hydrogens is 308 g/mol. The third-order valence-corrected chi connectivity index (χ3v) is 4.13. The predicted octanol–water partition coefficient (Wildman–Crippen LogP) is 3.36. The first kappa shape index (κ1) is 16.4. The molecule has 0 saturated carbocycles. The molecule has 0 radical (unpaired) electrons. The van der Waals surface area contributed by atoms with Crippen LogP contribution < -0.4 is 5.32 Å². The highest BCUT2D eigenvalue weighted by atomic mass is 79.9. The zero-order valence-electron chi connectivity index (χ0n) is 10.00. The average Bonchev–Trinajstić information content (AvgIpc) is 2.58. The molecule has 1 rings (SSSR count). The molecule has 0 aliphatic carbocycles. The first-order chi connectivity index (χ1) is 7.13. The van der Waals surface area contributed by atoms with Gasteiger partial charge in [-0.15, -0.1) is 23.7 Å². The van der Waals surface area contributed by atoms with Crippen LogP contribution in [-0.4, -0.2) is 31.6 Å². The lowest BCUT2D eigenvalue weighted by atomic mass is 10.2. The fourth-order valence-corrected chi connectivity index (χ4v) is 2.95. The van der Waals surface area contributed by atoms with Crippen LogP contribution in [0.25, 0.3) is 0 Å². The fourth-order valence-electron chi connectivity index (χ4n) is 1.50. The third kappa shape index (κ3) is 5.64. The zero-order chi connectivity index (χ0) is 11.3. The number of halogens is 2. The van der Waals surface area contributed by atoms with Gasteiger partial charge in [0.25, 0.3) is 0 Å². The largest absolute Gasteiger partial charge is 0.310 e. The van der Waals surface area contributed by atoms with Crippen molar-refractivity contribution in [2.75, 3.05) is 20.6 Å². The van der Waals surface area contributed by atoms with Crippen LogP contribution in [-0.2, 0) is 6.54 Å². The molecule has 0 saturated heterocycles. The van der Waals surface area contributed by atoms with Crippen molar-refractivity contribution in [3.05, 3.63) is 20.8 Å².